The number of hydrogen-bond acceptors (Lipinski definition) is 3. The van der Waals surface area contributed by atoms with Crippen molar-refractivity contribution < 1.29 is 9.59 Å². The third kappa shape index (κ3) is 3.37. The molecule has 0 aromatic carbocycles. The first-order chi connectivity index (χ1) is 9.16. The van der Waals surface area contributed by atoms with Gasteiger partial charge in [-0.3, -0.25) is 4.79 Å². The third-order valence-electron chi connectivity index (χ3n) is 3.98. The van der Waals surface area contributed by atoms with Crippen molar-refractivity contribution in [3.05, 3.63) is 0 Å². The molecule has 1 saturated heterocycles. The van der Waals surface area contributed by atoms with Crippen molar-refractivity contribution in [3.8, 4) is 0 Å². The third-order valence-corrected chi connectivity index (χ3v) is 3.98. The van der Waals surface area contributed by atoms with E-state index in [1.54, 1.807) is 0 Å². The van der Waals surface area contributed by atoms with E-state index >= 15 is 0 Å². The summed E-state index contributed by atoms with van der Waals surface area (Å²) in [5, 5.41) is 11.9. The van der Waals surface area contributed by atoms with Crippen LogP contribution in [-0.4, -0.2) is 43.2 Å². The molecule has 0 spiro atoms. The van der Waals surface area contributed by atoms with Crippen molar-refractivity contribution in [3.63, 3.8) is 0 Å². The van der Waals surface area contributed by atoms with Crippen LogP contribution in [0.3, 0.4) is 0 Å². The Balaban J connectivity index is 1.96. The number of hydrogen-bond donors (Lipinski definition) is 4. The van der Waals surface area contributed by atoms with E-state index in [1.165, 1.54) is 0 Å². The number of nitrogens with one attached hydrogen (secondary N) is 4. The summed E-state index contributed by atoms with van der Waals surface area (Å²) in [5.74, 6) is -0.0232. The molecule has 108 valence electrons. The highest BCUT2D eigenvalue weighted by atomic mass is 16.2. The highest BCUT2D eigenvalue weighted by molar-refractivity contribution is 5.91. The van der Waals surface area contributed by atoms with Crippen LogP contribution in [-0.2, 0) is 4.79 Å². The van der Waals surface area contributed by atoms with Gasteiger partial charge >= 0.3 is 6.03 Å². The van der Waals surface area contributed by atoms with Crippen molar-refractivity contribution >= 4 is 11.9 Å². The SMILES string of the molecule is CCNC(=O)NC1(C(=O)NC2CCNC2)CCCC1. The predicted molar refractivity (Wildman–Crippen MR) is 72.8 cm³/mol. The fourth-order valence-corrected chi connectivity index (χ4v) is 2.91. The lowest BCUT2D eigenvalue weighted by Gasteiger charge is -2.30. The number of carbonyl (C=O) groups excluding carboxylic acids is 2. The van der Waals surface area contributed by atoms with Gasteiger partial charge < -0.3 is 21.3 Å². The molecule has 1 aliphatic heterocycles. The molecule has 0 aromatic heterocycles. The van der Waals surface area contributed by atoms with E-state index in [0.717, 1.165) is 45.2 Å². The summed E-state index contributed by atoms with van der Waals surface area (Å²) >= 11 is 0. The monoisotopic (exact) mass is 268 g/mol. The normalized spacial score (nSPS) is 25.0. The number of rotatable bonds is 4. The van der Waals surface area contributed by atoms with Crippen LogP contribution in [0.25, 0.3) is 0 Å². The Hall–Kier alpha value is -1.30. The van der Waals surface area contributed by atoms with Crippen LogP contribution in [0.15, 0.2) is 0 Å². The summed E-state index contributed by atoms with van der Waals surface area (Å²) < 4.78 is 0. The fraction of sp³-hybridized carbons (Fsp3) is 0.846. The van der Waals surface area contributed by atoms with Gasteiger partial charge in [0.15, 0.2) is 0 Å². The topological polar surface area (TPSA) is 82.3 Å². The molecule has 6 heteroatoms. The minimum Gasteiger partial charge on any atom is -0.350 e. The second-order valence-electron chi connectivity index (χ2n) is 5.44. The number of urea groups is 1. The van der Waals surface area contributed by atoms with Gasteiger partial charge in [-0.05, 0) is 32.7 Å². The maximum Gasteiger partial charge on any atom is 0.315 e. The first-order valence-electron chi connectivity index (χ1n) is 7.24. The molecule has 1 atom stereocenters. The van der Waals surface area contributed by atoms with Crippen molar-refractivity contribution in [1.82, 2.24) is 21.3 Å². The summed E-state index contributed by atoms with van der Waals surface area (Å²) in [4.78, 5) is 24.2. The molecule has 1 saturated carbocycles. The van der Waals surface area contributed by atoms with Gasteiger partial charge in [-0.1, -0.05) is 12.8 Å². The molecule has 0 bridgehead atoms. The molecule has 4 N–H and O–H groups in total. The average Bonchev–Trinajstić information content (AvgIpc) is 3.01. The Morgan fingerprint density at radius 3 is 2.63 bits per heavy atom. The lowest BCUT2D eigenvalue weighted by Crippen LogP contribution is -2.60. The lowest BCUT2D eigenvalue weighted by molar-refractivity contribution is -0.127. The molecule has 2 fully saturated rings. The highest BCUT2D eigenvalue weighted by Crippen LogP contribution is 2.30. The summed E-state index contributed by atoms with van der Waals surface area (Å²) in [7, 11) is 0. The Labute approximate surface area is 114 Å². The molecule has 1 unspecified atom stereocenters. The molecule has 19 heavy (non-hydrogen) atoms. The quantitative estimate of drug-likeness (QED) is 0.583. The van der Waals surface area contributed by atoms with E-state index in [9.17, 15) is 9.59 Å². The smallest absolute Gasteiger partial charge is 0.315 e. The Morgan fingerprint density at radius 2 is 2.05 bits per heavy atom. The van der Waals surface area contributed by atoms with Crippen LogP contribution < -0.4 is 21.3 Å². The van der Waals surface area contributed by atoms with E-state index < -0.39 is 5.54 Å². The summed E-state index contributed by atoms with van der Waals surface area (Å²) in [5.41, 5.74) is -0.707. The highest BCUT2D eigenvalue weighted by Gasteiger charge is 2.43. The van der Waals surface area contributed by atoms with Crippen LogP contribution >= 0.6 is 0 Å². The van der Waals surface area contributed by atoms with E-state index in [0.29, 0.717) is 6.54 Å². The van der Waals surface area contributed by atoms with Gasteiger partial charge in [-0.15, -0.1) is 0 Å². The van der Waals surface area contributed by atoms with Gasteiger partial charge in [0.25, 0.3) is 0 Å². The zero-order chi connectivity index (χ0) is 13.7. The van der Waals surface area contributed by atoms with Gasteiger partial charge in [0.05, 0.1) is 0 Å². The average molecular weight is 268 g/mol. The first-order valence-corrected chi connectivity index (χ1v) is 7.24. The zero-order valence-corrected chi connectivity index (χ0v) is 11.6. The van der Waals surface area contributed by atoms with E-state index in [2.05, 4.69) is 21.3 Å². The zero-order valence-electron chi connectivity index (χ0n) is 11.6. The van der Waals surface area contributed by atoms with Crippen LogP contribution in [0.1, 0.15) is 39.0 Å². The van der Waals surface area contributed by atoms with Crippen LogP contribution in [0, 0.1) is 0 Å². The largest absolute Gasteiger partial charge is 0.350 e. The lowest BCUT2D eigenvalue weighted by atomic mass is 9.96. The van der Waals surface area contributed by atoms with Gasteiger partial charge in [0.2, 0.25) is 5.91 Å². The van der Waals surface area contributed by atoms with Gasteiger partial charge in [0.1, 0.15) is 5.54 Å². The van der Waals surface area contributed by atoms with E-state index in [-0.39, 0.29) is 18.0 Å². The maximum atomic E-state index is 12.5. The molecule has 1 aliphatic carbocycles. The molecule has 1 heterocycles. The van der Waals surface area contributed by atoms with Crippen LogP contribution in [0.2, 0.25) is 0 Å². The summed E-state index contributed by atoms with van der Waals surface area (Å²) in [6.07, 6.45) is 4.40. The van der Waals surface area contributed by atoms with Crippen molar-refractivity contribution in [2.45, 2.75) is 50.6 Å². The molecule has 2 rings (SSSR count). The minimum absolute atomic E-state index is 0.0232. The van der Waals surface area contributed by atoms with Crippen molar-refractivity contribution in [2.75, 3.05) is 19.6 Å². The summed E-state index contributed by atoms with van der Waals surface area (Å²) in [6, 6.07) is -0.0508. The predicted octanol–water partition coefficient (Wildman–Crippen LogP) is 0.0964. The standard InChI is InChI=1S/C13H24N4O2/c1-2-15-12(19)17-13(6-3-4-7-13)11(18)16-10-5-8-14-9-10/h10,14H,2-9H2,1H3,(H,16,18)(H2,15,17,19). The van der Waals surface area contributed by atoms with Crippen LogP contribution in [0.4, 0.5) is 4.79 Å². The van der Waals surface area contributed by atoms with E-state index in [1.807, 2.05) is 6.92 Å². The van der Waals surface area contributed by atoms with Crippen molar-refractivity contribution in [2.24, 2.45) is 0 Å². The molecule has 0 aromatic rings. The Morgan fingerprint density at radius 1 is 1.32 bits per heavy atom. The van der Waals surface area contributed by atoms with Crippen molar-refractivity contribution in [1.29, 1.82) is 0 Å². The molecule has 3 amide bonds. The maximum absolute atomic E-state index is 12.5. The second kappa shape index (κ2) is 6.23. The van der Waals surface area contributed by atoms with Crippen LogP contribution in [0.5, 0.6) is 0 Å². The molecule has 2 aliphatic rings. The first kappa shape index (κ1) is 14.1. The van der Waals surface area contributed by atoms with Gasteiger partial charge in [0, 0.05) is 19.1 Å². The fourth-order valence-electron chi connectivity index (χ4n) is 2.91. The molecular weight excluding hydrogens is 244 g/mol. The molecule has 6 nitrogen and oxygen atoms in total. The van der Waals surface area contributed by atoms with Gasteiger partial charge in [-0.2, -0.15) is 0 Å². The Bertz CT molecular complexity index is 334. The minimum atomic E-state index is -0.707. The summed E-state index contributed by atoms with van der Waals surface area (Å²) in [6.45, 7) is 4.20. The van der Waals surface area contributed by atoms with Gasteiger partial charge in [-0.25, -0.2) is 4.79 Å². The molecule has 0 radical (unpaired) electrons. The number of amides is 3. The second-order valence-corrected chi connectivity index (χ2v) is 5.44. The molecular formula is C13H24N4O2. The van der Waals surface area contributed by atoms with E-state index in [4.69, 9.17) is 0 Å². The Kier molecular flexibility index (Phi) is 4.63. The number of carbonyl (C=O) groups is 2.